The summed E-state index contributed by atoms with van der Waals surface area (Å²) in [6.45, 7) is 4.08. The SMILES string of the molecule is Cc1ccc(C(NC(=O)C2CCN(c3ccc(F)cc3)C2=O)C(=O)O)cc1C. The third-order valence-corrected chi connectivity index (χ3v) is 5.06. The van der Waals surface area contributed by atoms with Gasteiger partial charge in [-0.3, -0.25) is 9.59 Å². The Morgan fingerprint density at radius 1 is 1.14 bits per heavy atom. The molecule has 3 rings (SSSR count). The topological polar surface area (TPSA) is 86.7 Å². The molecule has 0 aromatic heterocycles. The highest BCUT2D eigenvalue weighted by Crippen LogP contribution is 2.26. The van der Waals surface area contributed by atoms with E-state index in [9.17, 15) is 23.9 Å². The first kappa shape index (κ1) is 19.5. The Morgan fingerprint density at radius 2 is 1.82 bits per heavy atom. The van der Waals surface area contributed by atoms with Crippen molar-refractivity contribution >= 4 is 23.5 Å². The lowest BCUT2D eigenvalue weighted by Gasteiger charge is -2.19. The molecule has 28 heavy (non-hydrogen) atoms. The van der Waals surface area contributed by atoms with Crippen molar-refractivity contribution in [2.75, 3.05) is 11.4 Å². The number of aryl methyl sites for hydroxylation is 2. The molecule has 0 radical (unpaired) electrons. The highest BCUT2D eigenvalue weighted by molar-refractivity contribution is 6.10. The van der Waals surface area contributed by atoms with Crippen molar-refractivity contribution in [1.29, 1.82) is 0 Å². The van der Waals surface area contributed by atoms with Gasteiger partial charge in [0.25, 0.3) is 0 Å². The molecule has 0 saturated carbocycles. The van der Waals surface area contributed by atoms with E-state index in [1.54, 1.807) is 18.2 Å². The van der Waals surface area contributed by atoms with Gasteiger partial charge in [-0.2, -0.15) is 0 Å². The minimum Gasteiger partial charge on any atom is -0.479 e. The molecule has 0 bridgehead atoms. The van der Waals surface area contributed by atoms with Crippen molar-refractivity contribution < 1.29 is 23.9 Å². The molecule has 146 valence electrons. The third-order valence-electron chi connectivity index (χ3n) is 5.06. The van der Waals surface area contributed by atoms with Crippen molar-refractivity contribution in [3.8, 4) is 0 Å². The number of benzene rings is 2. The number of halogens is 1. The van der Waals surface area contributed by atoms with E-state index in [0.29, 0.717) is 17.8 Å². The number of carboxylic acids is 1. The number of anilines is 1. The fourth-order valence-corrected chi connectivity index (χ4v) is 3.28. The lowest BCUT2D eigenvalue weighted by atomic mass is 10.00. The van der Waals surface area contributed by atoms with Crippen molar-refractivity contribution in [1.82, 2.24) is 5.32 Å². The number of nitrogens with zero attached hydrogens (tertiary/aromatic N) is 1. The van der Waals surface area contributed by atoms with Crippen molar-refractivity contribution in [3.63, 3.8) is 0 Å². The van der Waals surface area contributed by atoms with Gasteiger partial charge in [-0.05, 0) is 61.2 Å². The number of carboxylic acid groups (broad SMARTS) is 1. The molecular weight excluding hydrogens is 363 g/mol. The molecule has 2 N–H and O–H groups in total. The number of rotatable bonds is 5. The molecule has 2 aromatic carbocycles. The molecule has 2 atom stereocenters. The molecule has 0 aliphatic carbocycles. The molecule has 2 aromatic rings. The fraction of sp³-hybridized carbons (Fsp3) is 0.286. The Hall–Kier alpha value is -3.22. The standard InChI is InChI=1S/C21H21FN2O4/c1-12-3-4-14(11-13(12)2)18(21(27)28)23-19(25)17-9-10-24(20(17)26)16-7-5-15(22)6-8-16/h3-8,11,17-18H,9-10H2,1-2H3,(H,23,25)(H,27,28). The molecule has 2 unspecified atom stereocenters. The molecule has 1 heterocycles. The van der Waals surface area contributed by atoms with E-state index in [2.05, 4.69) is 5.32 Å². The predicted molar refractivity (Wildman–Crippen MR) is 101 cm³/mol. The normalized spacial score (nSPS) is 17.5. The first-order valence-electron chi connectivity index (χ1n) is 8.95. The van der Waals surface area contributed by atoms with E-state index in [1.807, 2.05) is 13.8 Å². The van der Waals surface area contributed by atoms with Crippen LogP contribution in [0.2, 0.25) is 0 Å². The molecule has 1 fully saturated rings. The van der Waals surface area contributed by atoms with Gasteiger partial charge in [-0.25, -0.2) is 9.18 Å². The third kappa shape index (κ3) is 3.88. The summed E-state index contributed by atoms with van der Waals surface area (Å²) < 4.78 is 13.1. The van der Waals surface area contributed by atoms with Gasteiger partial charge in [0.05, 0.1) is 0 Å². The summed E-state index contributed by atoms with van der Waals surface area (Å²) in [5.74, 6) is -3.63. The molecule has 7 heteroatoms. The van der Waals surface area contributed by atoms with Gasteiger partial charge in [0.15, 0.2) is 6.04 Å². The maximum atomic E-state index is 13.1. The largest absolute Gasteiger partial charge is 0.479 e. The summed E-state index contributed by atoms with van der Waals surface area (Å²) in [6, 6.07) is 9.37. The van der Waals surface area contributed by atoms with E-state index in [0.717, 1.165) is 11.1 Å². The maximum absolute atomic E-state index is 13.1. The average molecular weight is 384 g/mol. The number of amides is 2. The van der Waals surface area contributed by atoms with Crippen LogP contribution in [0.25, 0.3) is 0 Å². The number of aliphatic carboxylic acids is 1. The lowest BCUT2D eigenvalue weighted by molar-refractivity contribution is -0.143. The number of nitrogens with one attached hydrogen (secondary N) is 1. The Balaban J connectivity index is 1.75. The van der Waals surface area contributed by atoms with Crippen molar-refractivity contribution in [2.45, 2.75) is 26.3 Å². The summed E-state index contributed by atoms with van der Waals surface area (Å²) >= 11 is 0. The number of carbonyl (C=O) groups excluding carboxylic acids is 2. The Labute approximate surface area is 162 Å². The Bertz CT molecular complexity index is 927. The van der Waals surface area contributed by atoms with E-state index < -0.39 is 35.6 Å². The molecular formula is C21H21FN2O4. The van der Waals surface area contributed by atoms with Crippen LogP contribution in [0, 0.1) is 25.6 Å². The summed E-state index contributed by atoms with van der Waals surface area (Å²) in [7, 11) is 0. The predicted octanol–water partition coefficient (Wildman–Crippen LogP) is 2.74. The van der Waals surface area contributed by atoms with Crippen LogP contribution < -0.4 is 10.2 Å². The molecule has 1 aliphatic rings. The van der Waals surface area contributed by atoms with Crippen LogP contribution >= 0.6 is 0 Å². The summed E-state index contributed by atoms with van der Waals surface area (Å²) in [4.78, 5) is 38.4. The molecule has 1 saturated heterocycles. The van der Waals surface area contributed by atoms with Crippen LogP contribution in [-0.4, -0.2) is 29.4 Å². The zero-order chi connectivity index (χ0) is 20.4. The Kier molecular flexibility index (Phi) is 5.44. The fourth-order valence-electron chi connectivity index (χ4n) is 3.28. The van der Waals surface area contributed by atoms with Crippen molar-refractivity contribution in [2.24, 2.45) is 5.92 Å². The summed E-state index contributed by atoms with van der Waals surface area (Å²) in [5.41, 5.74) is 2.88. The first-order chi connectivity index (χ1) is 13.3. The van der Waals surface area contributed by atoms with Gasteiger partial charge >= 0.3 is 5.97 Å². The highest BCUT2D eigenvalue weighted by atomic mass is 19.1. The number of hydrogen-bond donors (Lipinski definition) is 2. The van der Waals surface area contributed by atoms with Gasteiger partial charge in [-0.1, -0.05) is 18.2 Å². The Morgan fingerprint density at radius 3 is 2.43 bits per heavy atom. The second-order valence-electron chi connectivity index (χ2n) is 6.93. The number of carbonyl (C=O) groups is 3. The second kappa shape index (κ2) is 7.80. The van der Waals surface area contributed by atoms with Gasteiger partial charge in [0.1, 0.15) is 11.7 Å². The van der Waals surface area contributed by atoms with E-state index in [1.165, 1.54) is 29.2 Å². The van der Waals surface area contributed by atoms with Crippen LogP contribution in [0.4, 0.5) is 10.1 Å². The van der Waals surface area contributed by atoms with E-state index >= 15 is 0 Å². The molecule has 2 amide bonds. The number of hydrogen-bond acceptors (Lipinski definition) is 3. The van der Waals surface area contributed by atoms with E-state index in [4.69, 9.17) is 0 Å². The van der Waals surface area contributed by atoms with Gasteiger partial charge in [-0.15, -0.1) is 0 Å². The van der Waals surface area contributed by atoms with Crippen LogP contribution in [0.5, 0.6) is 0 Å². The second-order valence-corrected chi connectivity index (χ2v) is 6.93. The van der Waals surface area contributed by atoms with E-state index in [-0.39, 0.29) is 6.42 Å². The minimum atomic E-state index is -1.24. The molecule has 6 nitrogen and oxygen atoms in total. The zero-order valence-corrected chi connectivity index (χ0v) is 15.6. The quantitative estimate of drug-likeness (QED) is 0.776. The van der Waals surface area contributed by atoms with Crippen LogP contribution in [0.3, 0.4) is 0 Å². The maximum Gasteiger partial charge on any atom is 0.330 e. The monoisotopic (exact) mass is 384 g/mol. The lowest BCUT2D eigenvalue weighted by Crippen LogP contribution is -2.41. The first-order valence-corrected chi connectivity index (χ1v) is 8.95. The smallest absolute Gasteiger partial charge is 0.330 e. The zero-order valence-electron chi connectivity index (χ0n) is 15.6. The van der Waals surface area contributed by atoms with Crippen LogP contribution in [-0.2, 0) is 14.4 Å². The van der Waals surface area contributed by atoms with Crippen molar-refractivity contribution in [3.05, 3.63) is 65.0 Å². The van der Waals surface area contributed by atoms with Gasteiger partial charge < -0.3 is 15.3 Å². The molecule has 1 aliphatic heterocycles. The average Bonchev–Trinajstić information content (AvgIpc) is 3.04. The van der Waals surface area contributed by atoms with Crippen LogP contribution in [0.15, 0.2) is 42.5 Å². The summed E-state index contributed by atoms with van der Waals surface area (Å²) in [6.07, 6.45) is 0.265. The minimum absolute atomic E-state index is 0.265. The van der Waals surface area contributed by atoms with Gasteiger partial charge in [0.2, 0.25) is 11.8 Å². The molecule has 0 spiro atoms. The van der Waals surface area contributed by atoms with Crippen LogP contribution in [0.1, 0.15) is 29.2 Å². The summed E-state index contributed by atoms with van der Waals surface area (Å²) in [5, 5.41) is 12.0. The highest BCUT2D eigenvalue weighted by Gasteiger charge is 2.39. The van der Waals surface area contributed by atoms with Gasteiger partial charge in [0, 0.05) is 12.2 Å².